The molecular weight excluding hydrogens is 218 g/mol. The van der Waals surface area contributed by atoms with Crippen LogP contribution in [0.25, 0.3) is 0 Å². The summed E-state index contributed by atoms with van der Waals surface area (Å²) < 4.78 is 5.72. The van der Waals surface area contributed by atoms with E-state index >= 15 is 0 Å². The highest BCUT2D eigenvalue weighted by Gasteiger charge is 2.17. The van der Waals surface area contributed by atoms with Gasteiger partial charge in [-0.1, -0.05) is 26.0 Å². The Bertz CT molecular complexity index is 365. The van der Waals surface area contributed by atoms with Gasteiger partial charge in [-0.25, -0.2) is 0 Å². The first-order valence-corrected chi connectivity index (χ1v) is 6.43. The Balaban J connectivity index is 2.18. The van der Waals surface area contributed by atoms with E-state index in [1.807, 2.05) is 0 Å². The molecule has 88 valence electrons. The first-order valence-electron chi connectivity index (χ1n) is 5.79. The average molecular weight is 237 g/mol. The molecule has 2 rings (SSSR count). The van der Waals surface area contributed by atoms with Crippen molar-refractivity contribution < 1.29 is 4.74 Å². The standard InChI is InChI=1S/C13H19NOS/c1-10(2)11-3-4-13-12(7-11)8-14(5-6-16)9-15-13/h3-4,7,10,16H,5-6,8-9H2,1-2H3. The van der Waals surface area contributed by atoms with Crippen LogP contribution in [0.2, 0.25) is 0 Å². The van der Waals surface area contributed by atoms with E-state index in [0.717, 1.165) is 24.6 Å². The predicted octanol–water partition coefficient (Wildman–Crippen LogP) is 2.89. The molecule has 1 aliphatic rings. The van der Waals surface area contributed by atoms with E-state index in [-0.39, 0.29) is 0 Å². The zero-order valence-corrected chi connectivity index (χ0v) is 10.8. The maximum absolute atomic E-state index is 5.72. The molecule has 0 amide bonds. The van der Waals surface area contributed by atoms with Gasteiger partial charge in [-0.3, -0.25) is 4.90 Å². The quantitative estimate of drug-likeness (QED) is 0.812. The van der Waals surface area contributed by atoms with E-state index in [9.17, 15) is 0 Å². The molecule has 0 radical (unpaired) electrons. The summed E-state index contributed by atoms with van der Waals surface area (Å²) >= 11 is 4.26. The van der Waals surface area contributed by atoms with Crippen LogP contribution in [0.1, 0.15) is 30.9 Å². The molecule has 0 saturated carbocycles. The van der Waals surface area contributed by atoms with Gasteiger partial charge in [0, 0.05) is 24.4 Å². The Labute approximate surface area is 103 Å². The van der Waals surface area contributed by atoms with E-state index in [4.69, 9.17) is 4.74 Å². The Kier molecular flexibility index (Phi) is 3.77. The minimum absolute atomic E-state index is 0.575. The van der Waals surface area contributed by atoms with Gasteiger partial charge < -0.3 is 4.74 Å². The molecule has 1 aliphatic heterocycles. The molecule has 2 nitrogen and oxygen atoms in total. The number of ether oxygens (including phenoxy) is 1. The molecule has 3 heteroatoms. The van der Waals surface area contributed by atoms with Crippen LogP contribution in [0.15, 0.2) is 18.2 Å². The molecule has 0 N–H and O–H groups in total. The fraction of sp³-hybridized carbons (Fsp3) is 0.538. The molecule has 0 spiro atoms. The SMILES string of the molecule is CC(C)c1ccc2c(c1)CN(CCS)CO2. The summed E-state index contributed by atoms with van der Waals surface area (Å²) in [6.45, 7) is 7.09. The van der Waals surface area contributed by atoms with Crippen LogP contribution < -0.4 is 4.74 Å². The summed E-state index contributed by atoms with van der Waals surface area (Å²) in [4.78, 5) is 2.28. The third kappa shape index (κ3) is 2.53. The number of nitrogens with zero attached hydrogens (tertiary/aromatic N) is 1. The van der Waals surface area contributed by atoms with Gasteiger partial charge in [0.1, 0.15) is 12.5 Å². The number of rotatable bonds is 3. The second kappa shape index (κ2) is 5.11. The average Bonchev–Trinajstić information content (AvgIpc) is 2.28. The zero-order chi connectivity index (χ0) is 11.5. The van der Waals surface area contributed by atoms with Crippen molar-refractivity contribution >= 4 is 12.6 Å². The van der Waals surface area contributed by atoms with Crippen LogP contribution in [-0.4, -0.2) is 23.9 Å². The van der Waals surface area contributed by atoms with Crippen LogP contribution in [0.4, 0.5) is 0 Å². The Hall–Kier alpha value is -0.670. The van der Waals surface area contributed by atoms with Crippen LogP contribution in [0, 0.1) is 0 Å². The highest BCUT2D eigenvalue weighted by Crippen LogP contribution is 2.28. The predicted molar refractivity (Wildman–Crippen MR) is 70.3 cm³/mol. The molecule has 1 aromatic rings. The van der Waals surface area contributed by atoms with Gasteiger partial charge in [0.05, 0.1) is 0 Å². The Morgan fingerprint density at radius 3 is 2.94 bits per heavy atom. The Morgan fingerprint density at radius 2 is 2.25 bits per heavy atom. The summed E-state index contributed by atoms with van der Waals surface area (Å²) in [5, 5.41) is 0. The lowest BCUT2D eigenvalue weighted by molar-refractivity contribution is 0.102. The fourth-order valence-electron chi connectivity index (χ4n) is 1.96. The molecule has 16 heavy (non-hydrogen) atoms. The van der Waals surface area contributed by atoms with Crippen LogP contribution >= 0.6 is 12.6 Å². The summed E-state index contributed by atoms with van der Waals surface area (Å²) in [6, 6.07) is 6.53. The van der Waals surface area contributed by atoms with Gasteiger partial charge in [0.25, 0.3) is 0 Å². The lowest BCUT2D eigenvalue weighted by Crippen LogP contribution is -2.33. The first kappa shape index (κ1) is 11.8. The van der Waals surface area contributed by atoms with Gasteiger partial charge in [-0.2, -0.15) is 12.6 Å². The lowest BCUT2D eigenvalue weighted by atomic mass is 9.99. The van der Waals surface area contributed by atoms with Crippen molar-refractivity contribution in [2.24, 2.45) is 0 Å². The molecule has 1 heterocycles. The fourth-order valence-corrected chi connectivity index (χ4v) is 2.24. The van der Waals surface area contributed by atoms with Gasteiger partial charge in [0.15, 0.2) is 0 Å². The van der Waals surface area contributed by atoms with Gasteiger partial charge >= 0.3 is 0 Å². The molecule has 0 unspecified atom stereocenters. The summed E-state index contributed by atoms with van der Waals surface area (Å²) in [5.41, 5.74) is 2.69. The first-order chi connectivity index (χ1) is 7.70. The molecule has 0 aromatic heterocycles. The third-order valence-corrected chi connectivity index (χ3v) is 3.16. The Morgan fingerprint density at radius 1 is 1.44 bits per heavy atom. The van der Waals surface area contributed by atoms with E-state index in [2.05, 4.69) is 49.6 Å². The normalized spacial score (nSPS) is 16.0. The van der Waals surface area contributed by atoms with Crippen molar-refractivity contribution in [1.82, 2.24) is 4.90 Å². The van der Waals surface area contributed by atoms with E-state index in [0.29, 0.717) is 12.6 Å². The van der Waals surface area contributed by atoms with Gasteiger partial charge in [-0.15, -0.1) is 0 Å². The number of hydrogen-bond acceptors (Lipinski definition) is 3. The van der Waals surface area contributed by atoms with Gasteiger partial charge in [0.2, 0.25) is 0 Å². The minimum Gasteiger partial charge on any atom is -0.478 e. The van der Waals surface area contributed by atoms with E-state index < -0.39 is 0 Å². The van der Waals surface area contributed by atoms with Crippen molar-refractivity contribution in [3.8, 4) is 5.75 Å². The van der Waals surface area contributed by atoms with Crippen molar-refractivity contribution in [3.05, 3.63) is 29.3 Å². The molecule has 0 aliphatic carbocycles. The van der Waals surface area contributed by atoms with Crippen molar-refractivity contribution in [1.29, 1.82) is 0 Å². The van der Waals surface area contributed by atoms with Crippen molar-refractivity contribution in [2.75, 3.05) is 19.0 Å². The van der Waals surface area contributed by atoms with Crippen molar-refractivity contribution in [3.63, 3.8) is 0 Å². The highest BCUT2D eigenvalue weighted by atomic mass is 32.1. The molecule has 0 saturated heterocycles. The third-order valence-electron chi connectivity index (χ3n) is 2.96. The second-order valence-corrected chi connectivity index (χ2v) is 5.02. The van der Waals surface area contributed by atoms with Crippen molar-refractivity contribution in [2.45, 2.75) is 26.3 Å². The molecule has 1 aromatic carbocycles. The van der Waals surface area contributed by atoms with Crippen LogP contribution in [0.5, 0.6) is 5.75 Å². The van der Waals surface area contributed by atoms with Crippen LogP contribution in [0.3, 0.4) is 0 Å². The topological polar surface area (TPSA) is 12.5 Å². The largest absolute Gasteiger partial charge is 0.478 e. The summed E-state index contributed by atoms with van der Waals surface area (Å²) in [7, 11) is 0. The number of hydrogen-bond donors (Lipinski definition) is 1. The molecule has 0 fully saturated rings. The van der Waals surface area contributed by atoms with Crippen LogP contribution in [-0.2, 0) is 6.54 Å². The molecule has 0 bridgehead atoms. The number of thiol groups is 1. The summed E-state index contributed by atoms with van der Waals surface area (Å²) in [6.07, 6.45) is 0. The maximum Gasteiger partial charge on any atom is 0.142 e. The maximum atomic E-state index is 5.72. The summed E-state index contributed by atoms with van der Waals surface area (Å²) in [5.74, 6) is 2.49. The number of benzene rings is 1. The smallest absolute Gasteiger partial charge is 0.142 e. The molecular formula is C13H19NOS. The second-order valence-electron chi connectivity index (χ2n) is 4.57. The lowest BCUT2D eigenvalue weighted by Gasteiger charge is -2.29. The highest BCUT2D eigenvalue weighted by molar-refractivity contribution is 7.80. The zero-order valence-electron chi connectivity index (χ0n) is 9.94. The molecule has 0 atom stereocenters. The monoisotopic (exact) mass is 237 g/mol. The minimum atomic E-state index is 0.575. The van der Waals surface area contributed by atoms with E-state index in [1.54, 1.807) is 0 Å². The van der Waals surface area contributed by atoms with E-state index in [1.165, 1.54) is 11.1 Å². The van der Waals surface area contributed by atoms with Gasteiger partial charge in [-0.05, 0) is 17.5 Å². The number of fused-ring (bicyclic) bond motifs is 1.